The molecule has 2 aromatic rings. The number of anilines is 1. The maximum Gasteiger partial charge on any atom is 0.159 e. The molecule has 0 atom stereocenters. The van der Waals surface area contributed by atoms with E-state index >= 15 is 0 Å². The molecule has 0 saturated heterocycles. The largest absolute Gasteiger partial charge is 0.495 e. The SMILES string of the molecule is COc1cc(-c2ncccn2)ccc1N. The second-order valence-electron chi connectivity index (χ2n) is 3.03. The lowest BCUT2D eigenvalue weighted by Crippen LogP contribution is -1.93. The van der Waals surface area contributed by atoms with Crippen molar-refractivity contribution in [3.05, 3.63) is 36.7 Å². The summed E-state index contributed by atoms with van der Waals surface area (Å²) in [5.74, 6) is 1.30. The summed E-state index contributed by atoms with van der Waals surface area (Å²) < 4.78 is 5.13. The normalized spacial score (nSPS) is 9.93. The molecular weight excluding hydrogens is 190 g/mol. The zero-order chi connectivity index (χ0) is 10.7. The molecule has 0 bridgehead atoms. The van der Waals surface area contributed by atoms with Gasteiger partial charge in [0.1, 0.15) is 5.75 Å². The number of methoxy groups -OCH3 is 1. The molecule has 0 aliphatic rings. The lowest BCUT2D eigenvalue weighted by molar-refractivity contribution is 0.417. The third-order valence-corrected chi connectivity index (χ3v) is 2.06. The summed E-state index contributed by atoms with van der Waals surface area (Å²) in [5.41, 5.74) is 7.21. The number of aromatic nitrogens is 2. The summed E-state index contributed by atoms with van der Waals surface area (Å²) in [4.78, 5) is 8.29. The lowest BCUT2D eigenvalue weighted by Gasteiger charge is -2.06. The highest BCUT2D eigenvalue weighted by Gasteiger charge is 2.04. The second kappa shape index (κ2) is 3.96. The molecular formula is C11H11N3O. The van der Waals surface area contributed by atoms with E-state index in [-0.39, 0.29) is 0 Å². The number of ether oxygens (including phenoxy) is 1. The van der Waals surface area contributed by atoms with Crippen molar-refractivity contribution in [2.45, 2.75) is 0 Å². The van der Waals surface area contributed by atoms with Crippen molar-refractivity contribution >= 4 is 5.69 Å². The smallest absolute Gasteiger partial charge is 0.159 e. The van der Waals surface area contributed by atoms with Gasteiger partial charge in [0.2, 0.25) is 0 Å². The summed E-state index contributed by atoms with van der Waals surface area (Å²) >= 11 is 0. The van der Waals surface area contributed by atoms with Gasteiger partial charge in [0.05, 0.1) is 12.8 Å². The van der Waals surface area contributed by atoms with Crippen molar-refractivity contribution in [2.75, 3.05) is 12.8 Å². The molecule has 1 aromatic heterocycles. The molecule has 2 N–H and O–H groups in total. The van der Waals surface area contributed by atoms with Crippen LogP contribution in [0.1, 0.15) is 0 Å². The topological polar surface area (TPSA) is 61.0 Å². The minimum atomic E-state index is 0.609. The van der Waals surface area contributed by atoms with Crippen LogP contribution in [-0.2, 0) is 0 Å². The monoisotopic (exact) mass is 201 g/mol. The molecule has 76 valence electrons. The zero-order valence-corrected chi connectivity index (χ0v) is 8.34. The van der Waals surface area contributed by atoms with E-state index in [9.17, 15) is 0 Å². The van der Waals surface area contributed by atoms with Gasteiger partial charge in [-0.05, 0) is 24.3 Å². The van der Waals surface area contributed by atoms with Gasteiger partial charge in [0.15, 0.2) is 5.82 Å². The van der Waals surface area contributed by atoms with Gasteiger partial charge >= 0.3 is 0 Å². The standard InChI is InChI=1S/C11H11N3O/c1-15-10-7-8(3-4-9(10)12)11-13-5-2-6-14-11/h2-7H,12H2,1H3. The fourth-order valence-corrected chi connectivity index (χ4v) is 1.30. The maximum absolute atomic E-state index is 5.71. The Labute approximate surface area is 87.7 Å². The minimum absolute atomic E-state index is 0.609. The number of nitrogens with zero attached hydrogens (tertiary/aromatic N) is 2. The van der Waals surface area contributed by atoms with Crippen molar-refractivity contribution in [1.82, 2.24) is 9.97 Å². The van der Waals surface area contributed by atoms with E-state index in [4.69, 9.17) is 10.5 Å². The first kappa shape index (κ1) is 9.45. The summed E-state index contributed by atoms with van der Waals surface area (Å²) in [7, 11) is 1.58. The molecule has 0 amide bonds. The van der Waals surface area contributed by atoms with Gasteiger partial charge in [-0.25, -0.2) is 9.97 Å². The molecule has 0 radical (unpaired) electrons. The van der Waals surface area contributed by atoms with Crippen LogP contribution in [-0.4, -0.2) is 17.1 Å². The van der Waals surface area contributed by atoms with E-state index in [0.717, 1.165) is 5.56 Å². The Morgan fingerprint density at radius 3 is 2.60 bits per heavy atom. The van der Waals surface area contributed by atoms with Crippen molar-refractivity contribution in [1.29, 1.82) is 0 Å². The maximum atomic E-state index is 5.71. The summed E-state index contributed by atoms with van der Waals surface area (Å²) in [6.07, 6.45) is 3.40. The molecule has 0 saturated carbocycles. The third-order valence-electron chi connectivity index (χ3n) is 2.06. The van der Waals surface area contributed by atoms with E-state index < -0.39 is 0 Å². The van der Waals surface area contributed by atoms with E-state index in [0.29, 0.717) is 17.3 Å². The van der Waals surface area contributed by atoms with Crippen molar-refractivity contribution in [3.63, 3.8) is 0 Å². The highest BCUT2D eigenvalue weighted by atomic mass is 16.5. The Kier molecular flexibility index (Phi) is 2.49. The minimum Gasteiger partial charge on any atom is -0.495 e. The predicted octanol–water partition coefficient (Wildman–Crippen LogP) is 1.73. The Morgan fingerprint density at radius 2 is 1.93 bits per heavy atom. The molecule has 0 spiro atoms. The van der Waals surface area contributed by atoms with Gasteiger partial charge in [0.25, 0.3) is 0 Å². The Bertz CT molecular complexity index is 457. The summed E-state index contributed by atoms with van der Waals surface area (Å²) in [6.45, 7) is 0. The fraction of sp³-hybridized carbons (Fsp3) is 0.0909. The molecule has 4 nitrogen and oxygen atoms in total. The molecule has 1 aromatic carbocycles. The van der Waals surface area contributed by atoms with Crippen LogP contribution in [0.2, 0.25) is 0 Å². The average Bonchev–Trinajstić information content (AvgIpc) is 2.31. The fourth-order valence-electron chi connectivity index (χ4n) is 1.30. The van der Waals surface area contributed by atoms with Crippen molar-refractivity contribution in [3.8, 4) is 17.1 Å². The predicted molar refractivity (Wildman–Crippen MR) is 58.4 cm³/mol. The molecule has 0 unspecified atom stereocenters. The van der Waals surface area contributed by atoms with Gasteiger partial charge in [0, 0.05) is 18.0 Å². The average molecular weight is 201 g/mol. The van der Waals surface area contributed by atoms with E-state index in [2.05, 4.69) is 9.97 Å². The second-order valence-corrected chi connectivity index (χ2v) is 3.03. The molecule has 0 aliphatic carbocycles. The van der Waals surface area contributed by atoms with Crippen LogP contribution in [0, 0.1) is 0 Å². The van der Waals surface area contributed by atoms with Crippen molar-refractivity contribution < 1.29 is 4.74 Å². The Morgan fingerprint density at radius 1 is 1.20 bits per heavy atom. The van der Waals surface area contributed by atoms with Crippen LogP contribution in [0.5, 0.6) is 5.75 Å². The third kappa shape index (κ3) is 1.88. The first-order valence-electron chi connectivity index (χ1n) is 4.52. The molecule has 0 fully saturated rings. The number of nitrogens with two attached hydrogens (primary N) is 1. The zero-order valence-electron chi connectivity index (χ0n) is 8.34. The van der Waals surface area contributed by atoms with Crippen LogP contribution in [0.15, 0.2) is 36.7 Å². The van der Waals surface area contributed by atoms with Crippen molar-refractivity contribution in [2.24, 2.45) is 0 Å². The Hall–Kier alpha value is -2.10. The first-order chi connectivity index (χ1) is 7.31. The van der Waals surface area contributed by atoms with Gasteiger partial charge in [-0.3, -0.25) is 0 Å². The molecule has 1 heterocycles. The summed E-state index contributed by atoms with van der Waals surface area (Å²) in [6, 6.07) is 7.25. The number of hydrogen-bond acceptors (Lipinski definition) is 4. The molecule has 0 aliphatic heterocycles. The molecule has 15 heavy (non-hydrogen) atoms. The number of hydrogen-bond donors (Lipinski definition) is 1. The number of rotatable bonds is 2. The van der Waals surface area contributed by atoms with Gasteiger partial charge in [-0.1, -0.05) is 0 Å². The van der Waals surface area contributed by atoms with Crippen LogP contribution in [0.3, 0.4) is 0 Å². The van der Waals surface area contributed by atoms with E-state index in [1.54, 1.807) is 31.6 Å². The summed E-state index contributed by atoms with van der Waals surface area (Å²) in [5, 5.41) is 0. The van der Waals surface area contributed by atoms with Crippen LogP contribution in [0.4, 0.5) is 5.69 Å². The van der Waals surface area contributed by atoms with Gasteiger partial charge in [-0.2, -0.15) is 0 Å². The molecule has 4 heteroatoms. The highest BCUT2D eigenvalue weighted by molar-refractivity contribution is 5.65. The van der Waals surface area contributed by atoms with E-state index in [1.165, 1.54) is 0 Å². The highest BCUT2D eigenvalue weighted by Crippen LogP contribution is 2.26. The van der Waals surface area contributed by atoms with Crippen LogP contribution in [0.25, 0.3) is 11.4 Å². The first-order valence-corrected chi connectivity index (χ1v) is 4.52. The lowest BCUT2D eigenvalue weighted by atomic mass is 10.2. The quantitative estimate of drug-likeness (QED) is 0.752. The molecule has 2 rings (SSSR count). The van der Waals surface area contributed by atoms with Crippen LogP contribution >= 0.6 is 0 Å². The van der Waals surface area contributed by atoms with Gasteiger partial charge < -0.3 is 10.5 Å². The Balaban J connectivity index is 2.46. The van der Waals surface area contributed by atoms with Gasteiger partial charge in [-0.15, -0.1) is 0 Å². The number of nitrogen functional groups attached to an aromatic ring is 1. The van der Waals surface area contributed by atoms with Crippen LogP contribution < -0.4 is 10.5 Å². The van der Waals surface area contributed by atoms with E-state index in [1.807, 2.05) is 12.1 Å². The number of benzene rings is 1.